The van der Waals surface area contributed by atoms with Crippen molar-refractivity contribution in [1.82, 2.24) is 10.3 Å². The Morgan fingerprint density at radius 1 is 1.30 bits per heavy atom. The number of pyridine rings is 1. The molecule has 2 rings (SSSR count). The molecule has 110 valence electrons. The van der Waals surface area contributed by atoms with Crippen molar-refractivity contribution in [3.05, 3.63) is 23.9 Å². The largest absolute Gasteiger partial charge is 0.373 e. The molecule has 0 aliphatic heterocycles. The summed E-state index contributed by atoms with van der Waals surface area (Å²) >= 11 is 0. The molecule has 1 heterocycles. The van der Waals surface area contributed by atoms with Crippen molar-refractivity contribution >= 4 is 11.7 Å². The maximum absolute atomic E-state index is 12.2. The zero-order valence-corrected chi connectivity index (χ0v) is 12.5. The Labute approximate surface area is 121 Å². The summed E-state index contributed by atoms with van der Waals surface area (Å²) in [5.74, 6) is 1.53. The van der Waals surface area contributed by atoms with E-state index >= 15 is 0 Å². The lowest BCUT2D eigenvalue weighted by Crippen LogP contribution is -2.38. The molecule has 0 atom stereocenters. The van der Waals surface area contributed by atoms with Gasteiger partial charge in [-0.05, 0) is 43.7 Å². The summed E-state index contributed by atoms with van der Waals surface area (Å²) in [6.07, 6.45) is 7.27. The molecule has 1 fully saturated rings. The molecular formula is C16H25N3O. The van der Waals surface area contributed by atoms with Crippen molar-refractivity contribution in [2.24, 2.45) is 5.92 Å². The molecule has 4 heteroatoms. The molecule has 20 heavy (non-hydrogen) atoms. The zero-order valence-electron chi connectivity index (χ0n) is 12.5. The molecule has 1 amide bonds. The molecule has 4 nitrogen and oxygen atoms in total. The molecule has 0 spiro atoms. The Bertz CT molecular complexity index is 439. The van der Waals surface area contributed by atoms with E-state index in [0.717, 1.165) is 24.6 Å². The third-order valence-corrected chi connectivity index (χ3v) is 4.12. The monoisotopic (exact) mass is 275 g/mol. The van der Waals surface area contributed by atoms with Gasteiger partial charge in [0.2, 0.25) is 0 Å². The highest BCUT2D eigenvalue weighted by molar-refractivity contribution is 5.92. The molecular weight excluding hydrogens is 250 g/mol. The molecule has 0 bridgehead atoms. The molecule has 0 saturated heterocycles. The smallest absolute Gasteiger partial charge is 0.270 e. The van der Waals surface area contributed by atoms with E-state index < -0.39 is 0 Å². The number of carbonyl (C=O) groups excluding carboxylic acids is 1. The van der Waals surface area contributed by atoms with Gasteiger partial charge in [0.25, 0.3) is 5.91 Å². The quantitative estimate of drug-likeness (QED) is 0.867. The number of nitrogens with zero attached hydrogens (tertiary/aromatic N) is 1. The number of carbonyl (C=O) groups is 1. The average molecular weight is 275 g/mol. The van der Waals surface area contributed by atoms with Crippen LogP contribution in [0.4, 0.5) is 5.82 Å². The predicted molar refractivity (Wildman–Crippen MR) is 81.9 cm³/mol. The van der Waals surface area contributed by atoms with Gasteiger partial charge in [0.1, 0.15) is 11.5 Å². The van der Waals surface area contributed by atoms with Crippen molar-refractivity contribution in [3.8, 4) is 0 Å². The molecule has 0 unspecified atom stereocenters. The van der Waals surface area contributed by atoms with Crippen LogP contribution in [0.1, 0.15) is 55.9 Å². The first-order valence-corrected chi connectivity index (χ1v) is 7.68. The Hall–Kier alpha value is -1.58. The second-order valence-electron chi connectivity index (χ2n) is 5.64. The van der Waals surface area contributed by atoms with Gasteiger partial charge < -0.3 is 10.6 Å². The molecule has 1 aromatic rings. The molecule has 1 saturated carbocycles. The van der Waals surface area contributed by atoms with E-state index in [1.54, 1.807) is 13.1 Å². The topological polar surface area (TPSA) is 54.0 Å². The number of hydrogen-bond donors (Lipinski definition) is 2. The van der Waals surface area contributed by atoms with Crippen LogP contribution in [0, 0.1) is 5.92 Å². The Morgan fingerprint density at radius 2 is 2.05 bits per heavy atom. The lowest BCUT2D eigenvalue weighted by atomic mass is 9.83. The average Bonchev–Trinajstić information content (AvgIpc) is 2.49. The molecule has 1 aromatic heterocycles. The van der Waals surface area contributed by atoms with E-state index in [-0.39, 0.29) is 5.91 Å². The van der Waals surface area contributed by atoms with E-state index in [9.17, 15) is 4.79 Å². The van der Waals surface area contributed by atoms with Gasteiger partial charge in [-0.25, -0.2) is 4.98 Å². The van der Waals surface area contributed by atoms with Crippen molar-refractivity contribution in [2.75, 3.05) is 12.4 Å². The molecule has 2 N–H and O–H groups in total. The highest BCUT2D eigenvalue weighted by atomic mass is 16.1. The second kappa shape index (κ2) is 7.27. The van der Waals surface area contributed by atoms with Gasteiger partial charge >= 0.3 is 0 Å². The summed E-state index contributed by atoms with van der Waals surface area (Å²) in [5.41, 5.74) is 0.493. The minimum absolute atomic E-state index is 0.0546. The van der Waals surface area contributed by atoms with E-state index in [2.05, 4.69) is 22.5 Å². The lowest BCUT2D eigenvalue weighted by Gasteiger charge is -2.28. The first kappa shape index (κ1) is 14.8. The van der Waals surface area contributed by atoms with Crippen LogP contribution in [-0.2, 0) is 0 Å². The predicted octanol–water partition coefficient (Wildman–Crippen LogP) is 3.21. The molecule has 1 aliphatic rings. The number of anilines is 1. The van der Waals surface area contributed by atoms with Gasteiger partial charge in [-0.1, -0.05) is 25.8 Å². The Morgan fingerprint density at radius 3 is 2.70 bits per heavy atom. The highest BCUT2D eigenvalue weighted by Gasteiger charge is 2.22. The number of hydrogen-bond acceptors (Lipinski definition) is 3. The van der Waals surface area contributed by atoms with Crippen molar-refractivity contribution < 1.29 is 4.79 Å². The van der Waals surface area contributed by atoms with Gasteiger partial charge in [0.05, 0.1) is 0 Å². The minimum Gasteiger partial charge on any atom is -0.373 e. The fraction of sp³-hybridized carbons (Fsp3) is 0.625. The first-order valence-electron chi connectivity index (χ1n) is 7.68. The van der Waals surface area contributed by atoms with Crippen molar-refractivity contribution in [1.29, 1.82) is 0 Å². The maximum atomic E-state index is 12.2. The first-order chi connectivity index (χ1) is 9.72. The number of rotatable bonds is 5. The van der Waals surface area contributed by atoms with Crippen molar-refractivity contribution in [2.45, 2.75) is 51.5 Å². The third kappa shape index (κ3) is 3.95. The van der Waals surface area contributed by atoms with E-state index in [1.807, 2.05) is 12.1 Å². The fourth-order valence-electron chi connectivity index (χ4n) is 2.96. The summed E-state index contributed by atoms with van der Waals surface area (Å²) in [7, 11) is 1.80. The summed E-state index contributed by atoms with van der Waals surface area (Å²) in [6.45, 7) is 2.24. The lowest BCUT2D eigenvalue weighted by molar-refractivity contribution is 0.0916. The van der Waals surface area contributed by atoms with Crippen LogP contribution in [0.15, 0.2) is 18.2 Å². The van der Waals surface area contributed by atoms with Crippen LogP contribution in [0.2, 0.25) is 0 Å². The van der Waals surface area contributed by atoms with Gasteiger partial charge in [-0.2, -0.15) is 0 Å². The van der Waals surface area contributed by atoms with Gasteiger partial charge in [-0.3, -0.25) is 4.79 Å². The SMILES string of the molecule is CCCC1CCC(NC(=O)c2cccc(NC)n2)CC1. The summed E-state index contributed by atoms with van der Waals surface area (Å²) < 4.78 is 0. The third-order valence-electron chi connectivity index (χ3n) is 4.12. The summed E-state index contributed by atoms with van der Waals surface area (Å²) in [4.78, 5) is 16.5. The normalized spacial score (nSPS) is 22.3. The van der Waals surface area contributed by atoms with Crippen LogP contribution in [0.5, 0.6) is 0 Å². The molecule has 1 aliphatic carbocycles. The van der Waals surface area contributed by atoms with E-state index in [4.69, 9.17) is 0 Å². The van der Waals surface area contributed by atoms with Gasteiger partial charge in [0, 0.05) is 13.1 Å². The minimum atomic E-state index is -0.0546. The zero-order chi connectivity index (χ0) is 14.4. The second-order valence-corrected chi connectivity index (χ2v) is 5.64. The van der Waals surface area contributed by atoms with E-state index in [0.29, 0.717) is 11.7 Å². The highest BCUT2D eigenvalue weighted by Crippen LogP contribution is 2.27. The van der Waals surface area contributed by atoms with Crippen LogP contribution in [-0.4, -0.2) is 24.0 Å². The fourth-order valence-corrected chi connectivity index (χ4v) is 2.96. The molecule has 0 radical (unpaired) electrons. The Balaban J connectivity index is 1.86. The van der Waals surface area contributed by atoms with Gasteiger partial charge in [0.15, 0.2) is 0 Å². The Kier molecular flexibility index (Phi) is 5.39. The summed E-state index contributed by atoms with van der Waals surface area (Å²) in [6, 6.07) is 5.79. The van der Waals surface area contributed by atoms with Crippen LogP contribution >= 0.6 is 0 Å². The maximum Gasteiger partial charge on any atom is 0.270 e. The molecule has 0 aromatic carbocycles. The van der Waals surface area contributed by atoms with Crippen LogP contribution < -0.4 is 10.6 Å². The summed E-state index contributed by atoms with van der Waals surface area (Å²) in [5, 5.41) is 6.07. The van der Waals surface area contributed by atoms with Gasteiger partial charge in [-0.15, -0.1) is 0 Å². The standard InChI is InChI=1S/C16H25N3O/c1-3-5-12-8-10-13(11-9-12)18-16(20)14-6-4-7-15(17-2)19-14/h4,6-7,12-13H,3,5,8-11H2,1-2H3,(H,17,19)(H,18,20). The van der Waals surface area contributed by atoms with Crippen molar-refractivity contribution in [3.63, 3.8) is 0 Å². The number of aromatic nitrogens is 1. The number of amides is 1. The number of nitrogens with one attached hydrogen (secondary N) is 2. The van der Waals surface area contributed by atoms with Crippen LogP contribution in [0.3, 0.4) is 0 Å². The van der Waals surface area contributed by atoms with E-state index in [1.165, 1.54) is 25.7 Å². The van der Waals surface area contributed by atoms with Crippen LogP contribution in [0.25, 0.3) is 0 Å².